The Morgan fingerprint density at radius 3 is 2.57 bits per heavy atom. The second-order valence-electron chi connectivity index (χ2n) is 7.24. The van der Waals surface area contributed by atoms with E-state index >= 15 is 0 Å². The number of carbonyl (C=O) groups is 1. The van der Waals surface area contributed by atoms with Gasteiger partial charge in [0, 0.05) is 25.7 Å². The molecule has 0 bridgehead atoms. The van der Waals surface area contributed by atoms with Crippen molar-refractivity contribution in [3.63, 3.8) is 0 Å². The number of sulfonamides is 1. The van der Waals surface area contributed by atoms with Crippen molar-refractivity contribution < 1.29 is 35.6 Å². The maximum Gasteiger partial charge on any atom is 0.417 e. The monoisotopic (exact) mass is 538 g/mol. The molecule has 16 heteroatoms. The molecule has 35 heavy (non-hydrogen) atoms. The van der Waals surface area contributed by atoms with Crippen molar-refractivity contribution in [3.05, 3.63) is 52.9 Å². The number of carbonyl (C=O) groups excluding carboxylic acids is 1. The first kappa shape index (κ1) is 26.6. The van der Waals surface area contributed by atoms with Crippen LogP contribution < -0.4 is 16.6 Å². The number of rotatable bonds is 9. The second kappa shape index (κ2) is 10.7. The maximum absolute atomic E-state index is 13.3. The van der Waals surface area contributed by atoms with E-state index in [1.165, 1.54) is 0 Å². The number of halogens is 5. The third-order valence-corrected chi connectivity index (χ3v) is 6.97. The highest BCUT2D eigenvalue weighted by Gasteiger charge is 2.33. The summed E-state index contributed by atoms with van der Waals surface area (Å²) in [6, 6.07) is 4.82. The molecule has 3 rings (SSSR count). The number of pyridine rings is 1. The van der Waals surface area contributed by atoms with Gasteiger partial charge < -0.3 is 10.2 Å². The van der Waals surface area contributed by atoms with E-state index in [1.54, 1.807) is 0 Å². The molecular weight excluding hydrogens is 520 g/mol. The van der Waals surface area contributed by atoms with Crippen molar-refractivity contribution in [1.82, 2.24) is 14.7 Å². The number of amides is 1. The minimum atomic E-state index is -4.63. The molecule has 1 aromatic heterocycles. The topological polar surface area (TPSA) is 139 Å². The number of benzene rings is 1. The van der Waals surface area contributed by atoms with Gasteiger partial charge >= 0.3 is 6.18 Å². The van der Waals surface area contributed by atoms with Gasteiger partial charge in [0.15, 0.2) is 0 Å². The van der Waals surface area contributed by atoms with Crippen molar-refractivity contribution >= 4 is 39.1 Å². The van der Waals surface area contributed by atoms with Crippen LogP contribution in [0.5, 0.6) is 0 Å². The van der Waals surface area contributed by atoms with E-state index in [9.17, 15) is 30.8 Å². The van der Waals surface area contributed by atoms with Crippen LogP contribution in [0.15, 0.2) is 46.6 Å². The Morgan fingerprint density at radius 1 is 1.29 bits per heavy atom. The number of hydrogen-bond donors (Lipinski definition) is 3. The number of oxime groups is 1. The molecule has 1 aliphatic rings. The second-order valence-corrected chi connectivity index (χ2v) is 9.58. The first-order chi connectivity index (χ1) is 16.4. The molecule has 0 saturated heterocycles. The van der Waals surface area contributed by atoms with Crippen LogP contribution in [-0.4, -0.2) is 55.1 Å². The normalized spacial score (nSPS) is 16.1. The Kier molecular flexibility index (Phi) is 8.15. The van der Waals surface area contributed by atoms with Crippen molar-refractivity contribution in [2.75, 3.05) is 25.0 Å². The number of hydrogen-bond acceptors (Lipinski definition) is 8. The number of hydrazine groups is 1. The van der Waals surface area contributed by atoms with Crippen molar-refractivity contribution in [2.45, 2.75) is 23.6 Å². The van der Waals surface area contributed by atoms with Gasteiger partial charge in [-0.1, -0.05) is 16.8 Å². The van der Waals surface area contributed by atoms with Crippen LogP contribution >= 0.6 is 11.6 Å². The Morgan fingerprint density at radius 2 is 1.97 bits per heavy atom. The fourth-order valence-corrected chi connectivity index (χ4v) is 4.76. The van der Waals surface area contributed by atoms with Gasteiger partial charge in [0.2, 0.25) is 10.0 Å². The Balaban J connectivity index is 1.75. The van der Waals surface area contributed by atoms with Crippen LogP contribution in [0.4, 0.5) is 23.4 Å². The highest BCUT2D eigenvalue weighted by molar-refractivity contribution is 7.89. The summed E-state index contributed by atoms with van der Waals surface area (Å²) in [5.74, 6) is 3.66. The molecule has 0 fully saturated rings. The number of nitrogens with zero attached hydrogens (tertiary/aromatic N) is 3. The number of alkyl halides is 3. The highest BCUT2D eigenvalue weighted by Crippen LogP contribution is 2.32. The van der Waals surface area contributed by atoms with Crippen molar-refractivity contribution in [3.8, 4) is 0 Å². The van der Waals surface area contributed by atoms with Gasteiger partial charge in [-0.2, -0.15) is 17.5 Å². The minimum absolute atomic E-state index is 0.0296. The molecule has 1 aliphatic heterocycles. The van der Waals surface area contributed by atoms with Crippen LogP contribution in [0.25, 0.3) is 0 Å². The van der Waals surface area contributed by atoms with Crippen molar-refractivity contribution in [1.29, 1.82) is 0 Å². The fraction of sp³-hybridized carbons (Fsp3) is 0.316. The quantitative estimate of drug-likeness (QED) is 0.192. The Bertz CT molecular complexity index is 1210. The lowest BCUT2D eigenvalue weighted by Crippen LogP contribution is -2.41. The van der Waals surface area contributed by atoms with Gasteiger partial charge in [-0.15, -0.1) is 0 Å². The van der Waals surface area contributed by atoms with E-state index in [1.807, 2.05) is 5.43 Å². The molecular formula is C19H19ClF4N6O4S. The lowest BCUT2D eigenvalue weighted by atomic mass is 10.2. The Labute approximate surface area is 202 Å². The molecule has 1 amide bonds. The summed E-state index contributed by atoms with van der Waals surface area (Å²) in [6.07, 6.45) is -4.89. The zero-order chi connectivity index (χ0) is 25.8. The summed E-state index contributed by atoms with van der Waals surface area (Å²) in [5.41, 5.74) is 0.826. The van der Waals surface area contributed by atoms with Gasteiger partial charge in [0.25, 0.3) is 5.91 Å². The molecule has 0 radical (unpaired) electrons. The summed E-state index contributed by atoms with van der Waals surface area (Å²) < 4.78 is 79.1. The molecule has 4 N–H and O–H groups in total. The van der Waals surface area contributed by atoms with E-state index in [2.05, 4.69) is 15.5 Å². The Hall–Kier alpha value is -3.01. The van der Waals surface area contributed by atoms with Crippen LogP contribution in [0, 0.1) is 5.82 Å². The van der Waals surface area contributed by atoms with Crippen molar-refractivity contribution in [2.24, 2.45) is 11.0 Å². The first-order valence-electron chi connectivity index (χ1n) is 9.87. The summed E-state index contributed by atoms with van der Waals surface area (Å²) in [4.78, 5) is 20.2. The smallest absolute Gasteiger partial charge is 0.390 e. The third-order valence-electron chi connectivity index (χ3n) is 4.81. The van der Waals surface area contributed by atoms with Crippen LogP contribution in [0.3, 0.4) is 0 Å². The van der Waals surface area contributed by atoms with Gasteiger partial charge in [-0.05, 0) is 30.3 Å². The molecule has 10 nitrogen and oxygen atoms in total. The van der Waals surface area contributed by atoms with Gasteiger partial charge in [0.05, 0.1) is 22.0 Å². The SMILES string of the molecule is NNC(=O)C1=NO[C@H](CN(CCNc2ncc(C(F)(F)F)cc2Cl)S(=O)(=O)c2ccc(F)cc2)C1. The molecule has 2 heterocycles. The van der Waals surface area contributed by atoms with Gasteiger partial charge in [-0.3, -0.25) is 10.2 Å². The predicted octanol–water partition coefficient (Wildman–Crippen LogP) is 2.13. The lowest BCUT2D eigenvalue weighted by molar-refractivity contribution is -0.137. The average molecular weight is 539 g/mol. The van der Waals surface area contributed by atoms with Gasteiger partial charge in [-0.25, -0.2) is 23.6 Å². The van der Waals surface area contributed by atoms with E-state index < -0.39 is 39.6 Å². The molecule has 0 aliphatic carbocycles. The van der Waals surface area contributed by atoms with E-state index in [0.717, 1.165) is 28.6 Å². The fourth-order valence-electron chi connectivity index (χ4n) is 3.06. The molecule has 0 spiro atoms. The summed E-state index contributed by atoms with van der Waals surface area (Å²) in [5, 5.41) is 5.97. The summed E-state index contributed by atoms with van der Waals surface area (Å²) >= 11 is 5.87. The van der Waals surface area contributed by atoms with Crippen LogP contribution in [0.2, 0.25) is 5.02 Å². The summed E-state index contributed by atoms with van der Waals surface area (Å²) in [6.45, 7) is -0.570. The predicted molar refractivity (Wildman–Crippen MR) is 117 cm³/mol. The molecule has 1 aromatic carbocycles. The van der Waals surface area contributed by atoms with Gasteiger partial charge in [0.1, 0.15) is 23.5 Å². The lowest BCUT2D eigenvalue weighted by Gasteiger charge is -2.24. The molecule has 0 unspecified atom stereocenters. The van der Waals surface area contributed by atoms with Crippen LogP contribution in [0.1, 0.15) is 12.0 Å². The highest BCUT2D eigenvalue weighted by atomic mass is 35.5. The number of nitrogens with one attached hydrogen (secondary N) is 2. The average Bonchev–Trinajstić information content (AvgIpc) is 3.27. The van der Waals surface area contributed by atoms with E-state index in [-0.39, 0.29) is 47.5 Å². The maximum atomic E-state index is 13.3. The largest absolute Gasteiger partial charge is 0.417 e. The van der Waals surface area contributed by atoms with Crippen LogP contribution in [-0.2, 0) is 25.8 Å². The molecule has 2 aromatic rings. The first-order valence-corrected chi connectivity index (χ1v) is 11.7. The van der Waals surface area contributed by atoms with E-state index in [4.69, 9.17) is 22.3 Å². The third kappa shape index (κ3) is 6.56. The molecule has 190 valence electrons. The number of aromatic nitrogens is 1. The van der Waals surface area contributed by atoms with E-state index in [0.29, 0.717) is 12.3 Å². The molecule has 1 atom stereocenters. The number of nitrogens with two attached hydrogens (primary N) is 1. The zero-order valence-electron chi connectivity index (χ0n) is 17.7. The minimum Gasteiger partial charge on any atom is -0.390 e. The summed E-state index contributed by atoms with van der Waals surface area (Å²) in [7, 11) is -4.17. The number of anilines is 1. The molecule has 0 saturated carbocycles. The zero-order valence-corrected chi connectivity index (χ0v) is 19.3. The standard InChI is InChI=1S/C19H19ClF4N6O4S/c20-15-7-11(19(22,23)24)9-27-17(15)26-5-6-30(10-13-8-16(29-34-13)18(31)28-25)35(32,33)14-3-1-12(21)2-4-14/h1-4,7,9,13H,5-6,8,10,25H2,(H,26,27)(H,28,31)/t13-/m0/s1.